The van der Waals surface area contributed by atoms with Gasteiger partial charge in [-0.05, 0) is 48.0 Å². The highest BCUT2D eigenvalue weighted by molar-refractivity contribution is 6.30. The lowest BCUT2D eigenvalue weighted by Gasteiger charge is -2.25. The Kier molecular flexibility index (Phi) is 8.45. The zero-order valence-corrected chi connectivity index (χ0v) is 18.9. The summed E-state index contributed by atoms with van der Waals surface area (Å²) in [6, 6.07) is 16.6. The van der Waals surface area contributed by atoms with Crippen LogP contribution in [0.1, 0.15) is 30.2 Å². The van der Waals surface area contributed by atoms with Crippen LogP contribution >= 0.6 is 11.6 Å². The standard InChI is InChI=1S/C25H26ClFN2O3/c1-18(30)29(17-20-16-22(31-2)10-11-25(20)32-14-4-12-27)24-5-3-13-28-23(24)15-19-6-8-21(26)9-7-19/h3,5-11,13,16H,4,12,14-15,17H2,1-2H3. The number of alkyl halides is 1. The van der Waals surface area contributed by atoms with Gasteiger partial charge in [-0.15, -0.1) is 0 Å². The number of amides is 1. The van der Waals surface area contributed by atoms with E-state index in [1.807, 2.05) is 36.4 Å². The molecule has 0 fully saturated rings. The van der Waals surface area contributed by atoms with E-state index in [0.29, 0.717) is 35.1 Å². The van der Waals surface area contributed by atoms with Gasteiger partial charge in [0.25, 0.3) is 0 Å². The van der Waals surface area contributed by atoms with Crippen LogP contribution < -0.4 is 14.4 Å². The second-order valence-corrected chi connectivity index (χ2v) is 7.68. The SMILES string of the molecule is COc1ccc(OCCCF)c(CN(C(C)=O)c2cccnc2Cc2ccc(Cl)cc2)c1. The molecule has 1 aromatic heterocycles. The van der Waals surface area contributed by atoms with Crippen LogP contribution in [-0.2, 0) is 17.8 Å². The maximum atomic E-state index is 12.7. The summed E-state index contributed by atoms with van der Waals surface area (Å²) in [6.45, 7) is 1.58. The highest BCUT2D eigenvalue weighted by atomic mass is 35.5. The molecule has 0 saturated carbocycles. The van der Waals surface area contributed by atoms with Gasteiger partial charge in [0.2, 0.25) is 5.91 Å². The van der Waals surface area contributed by atoms with Gasteiger partial charge in [0.05, 0.1) is 38.3 Å². The molecular weight excluding hydrogens is 431 g/mol. The van der Waals surface area contributed by atoms with Gasteiger partial charge in [-0.25, -0.2) is 0 Å². The third kappa shape index (κ3) is 6.20. The maximum absolute atomic E-state index is 12.7. The number of hydrogen-bond acceptors (Lipinski definition) is 4. The van der Waals surface area contributed by atoms with Crippen molar-refractivity contribution in [3.63, 3.8) is 0 Å². The number of nitrogens with zero attached hydrogens (tertiary/aromatic N) is 2. The third-order valence-corrected chi connectivity index (χ3v) is 5.21. The molecule has 0 aliphatic heterocycles. The number of anilines is 1. The zero-order chi connectivity index (χ0) is 22.9. The Balaban J connectivity index is 1.93. The quantitative estimate of drug-likeness (QED) is 0.371. The number of benzene rings is 2. The Morgan fingerprint density at radius 3 is 2.62 bits per heavy atom. The van der Waals surface area contributed by atoms with Gasteiger partial charge in [-0.3, -0.25) is 14.2 Å². The van der Waals surface area contributed by atoms with E-state index in [2.05, 4.69) is 4.98 Å². The number of ether oxygens (including phenoxy) is 2. The Morgan fingerprint density at radius 2 is 1.94 bits per heavy atom. The van der Waals surface area contributed by atoms with Gasteiger partial charge in [0, 0.05) is 36.5 Å². The minimum absolute atomic E-state index is 0.132. The molecule has 0 spiro atoms. The zero-order valence-electron chi connectivity index (χ0n) is 18.2. The fourth-order valence-corrected chi connectivity index (χ4v) is 3.45. The van der Waals surface area contributed by atoms with E-state index in [1.54, 1.807) is 36.4 Å². The lowest BCUT2D eigenvalue weighted by Crippen LogP contribution is -2.29. The number of halogens is 2. The smallest absolute Gasteiger partial charge is 0.224 e. The largest absolute Gasteiger partial charge is 0.497 e. The van der Waals surface area contributed by atoms with Crippen molar-refractivity contribution in [3.8, 4) is 11.5 Å². The Bertz CT molecular complexity index is 1040. The van der Waals surface area contributed by atoms with E-state index in [0.717, 1.165) is 16.8 Å². The van der Waals surface area contributed by atoms with E-state index < -0.39 is 6.67 Å². The van der Waals surface area contributed by atoms with E-state index in [1.165, 1.54) is 6.92 Å². The van der Waals surface area contributed by atoms with Crippen LogP contribution in [0.3, 0.4) is 0 Å². The Labute approximate surface area is 192 Å². The molecule has 168 valence electrons. The minimum Gasteiger partial charge on any atom is -0.497 e. The molecule has 1 amide bonds. The van der Waals surface area contributed by atoms with Gasteiger partial charge in [-0.2, -0.15) is 0 Å². The second-order valence-electron chi connectivity index (χ2n) is 7.24. The highest BCUT2D eigenvalue weighted by Crippen LogP contribution is 2.29. The predicted molar refractivity (Wildman–Crippen MR) is 124 cm³/mol. The first kappa shape index (κ1) is 23.5. The van der Waals surface area contributed by atoms with Crippen molar-refractivity contribution < 1.29 is 18.7 Å². The Morgan fingerprint density at radius 1 is 1.16 bits per heavy atom. The summed E-state index contributed by atoms with van der Waals surface area (Å²) in [4.78, 5) is 18.9. The molecular formula is C25H26ClFN2O3. The predicted octanol–water partition coefficient (Wildman–Crippen LogP) is 5.63. The number of aromatic nitrogens is 1. The van der Waals surface area contributed by atoms with E-state index in [4.69, 9.17) is 21.1 Å². The van der Waals surface area contributed by atoms with Crippen LogP contribution in [0, 0.1) is 0 Å². The third-order valence-electron chi connectivity index (χ3n) is 4.95. The summed E-state index contributed by atoms with van der Waals surface area (Å²) in [6.07, 6.45) is 2.56. The number of hydrogen-bond donors (Lipinski definition) is 0. The molecule has 0 atom stereocenters. The lowest BCUT2D eigenvalue weighted by molar-refractivity contribution is -0.116. The maximum Gasteiger partial charge on any atom is 0.224 e. The van der Waals surface area contributed by atoms with E-state index in [9.17, 15) is 9.18 Å². The molecule has 0 aliphatic rings. The molecule has 1 heterocycles. The molecule has 0 aliphatic carbocycles. The van der Waals surface area contributed by atoms with Crippen LogP contribution in [-0.4, -0.2) is 31.3 Å². The van der Waals surface area contributed by atoms with Crippen molar-refractivity contribution in [3.05, 3.63) is 82.6 Å². The van der Waals surface area contributed by atoms with E-state index >= 15 is 0 Å². The summed E-state index contributed by atoms with van der Waals surface area (Å²) >= 11 is 6.00. The second kappa shape index (κ2) is 11.5. The van der Waals surface area contributed by atoms with Crippen LogP contribution in [0.5, 0.6) is 11.5 Å². The van der Waals surface area contributed by atoms with Gasteiger partial charge in [0.15, 0.2) is 0 Å². The summed E-state index contributed by atoms with van der Waals surface area (Å²) in [7, 11) is 1.58. The van der Waals surface area contributed by atoms with Crippen molar-refractivity contribution in [2.45, 2.75) is 26.3 Å². The molecule has 0 radical (unpaired) electrons. The molecule has 0 saturated heterocycles. The average molecular weight is 457 g/mol. The molecule has 7 heteroatoms. The molecule has 32 heavy (non-hydrogen) atoms. The van der Waals surface area contributed by atoms with Crippen molar-refractivity contribution in [2.24, 2.45) is 0 Å². The summed E-state index contributed by atoms with van der Waals surface area (Å²) in [5.41, 5.74) is 3.29. The molecule has 0 unspecified atom stereocenters. The number of methoxy groups -OCH3 is 1. The first-order valence-electron chi connectivity index (χ1n) is 10.3. The topological polar surface area (TPSA) is 51.7 Å². The Hall–Kier alpha value is -3.12. The number of rotatable bonds is 10. The van der Waals surface area contributed by atoms with Crippen molar-refractivity contribution in [1.82, 2.24) is 4.98 Å². The van der Waals surface area contributed by atoms with E-state index in [-0.39, 0.29) is 19.1 Å². The van der Waals surface area contributed by atoms with Gasteiger partial charge in [-0.1, -0.05) is 23.7 Å². The summed E-state index contributed by atoms with van der Waals surface area (Å²) < 4.78 is 23.7. The van der Waals surface area contributed by atoms with Gasteiger partial charge >= 0.3 is 0 Å². The number of pyridine rings is 1. The molecule has 0 N–H and O–H groups in total. The van der Waals surface area contributed by atoms with Crippen LogP contribution in [0.25, 0.3) is 0 Å². The summed E-state index contributed by atoms with van der Waals surface area (Å²) in [5.74, 6) is 1.11. The number of carbonyl (C=O) groups excluding carboxylic acids is 1. The van der Waals surface area contributed by atoms with Crippen LogP contribution in [0.15, 0.2) is 60.8 Å². The van der Waals surface area contributed by atoms with Gasteiger partial charge < -0.3 is 14.4 Å². The normalized spacial score (nSPS) is 10.6. The molecule has 0 bridgehead atoms. The first-order valence-corrected chi connectivity index (χ1v) is 10.7. The lowest BCUT2D eigenvalue weighted by atomic mass is 10.1. The van der Waals surface area contributed by atoms with Crippen LogP contribution in [0.4, 0.5) is 10.1 Å². The average Bonchev–Trinajstić information content (AvgIpc) is 2.80. The molecule has 3 rings (SSSR count). The van der Waals surface area contributed by atoms with Gasteiger partial charge in [0.1, 0.15) is 11.5 Å². The fourth-order valence-electron chi connectivity index (χ4n) is 3.33. The van der Waals surface area contributed by atoms with Crippen molar-refractivity contribution >= 4 is 23.2 Å². The highest BCUT2D eigenvalue weighted by Gasteiger charge is 2.19. The van der Waals surface area contributed by atoms with Crippen molar-refractivity contribution in [1.29, 1.82) is 0 Å². The summed E-state index contributed by atoms with van der Waals surface area (Å²) in [5, 5.41) is 0.665. The minimum atomic E-state index is -0.450. The first-order chi connectivity index (χ1) is 15.5. The number of carbonyl (C=O) groups is 1. The fraction of sp³-hybridized carbons (Fsp3) is 0.280. The molecule has 3 aromatic rings. The molecule has 2 aromatic carbocycles. The van der Waals surface area contributed by atoms with Crippen molar-refractivity contribution in [2.75, 3.05) is 25.3 Å². The molecule has 5 nitrogen and oxygen atoms in total. The van der Waals surface area contributed by atoms with Crippen LogP contribution in [0.2, 0.25) is 5.02 Å². The monoisotopic (exact) mass is 456 g/mol.